The number of carbonyl (C=O) groups is 4. The number of fused-ring (bicyclic) bond motifs is 3. The van der Waals surface area contributed by atoms with Gasteiger partial charge in [-0.2, -0.15) is 0 Å². The maximum Gasteiger partial charge on any atom is 0.345 e. The molecule has 1 aliphatic rings. The van der Waals surface area contributed by atoms with Crippen LogP contribution in [0, 0.1) is 17.0 Å². The Hall–Kier alpha value is -4.92. The maximum atomic E-state index is 13.1. The van der Waals surface area contributed by atoms with Gasteiger partial charge in [0.25, 0.3) is 5.69 Å². The van der Waals surface area contributed by atoms with Crippen LogP contribution in [0.4, 0.5) is 5.69 Å². The Morgan fingerprint density at radius 1 is 0.914 bits per heavy atom. The second-order valence-corrected chi connectivity index (χ2v) is 7.90. The topological polar surface area (TPSA) is 134 Å². The number of nitro benzene ring substituents is 1. The summed E-state index contributed by atoms with van der Waals surface area (Å²) in [5.41, 5.74) is -0.831. The SMILES string of the molecule is Cc1c(C(=O)COC(=O)c2ccc3c(c2[N+](=O)[O-])C(=O)c2ccccc2C3=O)oc2ccccc12. The zero-order valence-corrected chi connectivity index (χ0v) is 18.2. The molecule has 3 aromatic carbocycles. The molecule has 1 aromatic heterocycles. The van der Waals surface area contributed by atoms with Gasteiger partial charge in [-0.25, -0.2) is 4.79 Å². The van der Waals surface area contributed by atoms with Crippen LogP contribution in [0.25, 0.3) is 11.0 Å². The Kier molecular flexibility index (Phi) is 5.09. The average Bonchev–Trinajstić information content (AvgIpc) is 3.21. The molecule has 9 nitrogen and oxygen atoms in total. The van der Waals surface area contributed by atoms with Crippen molar-refractivity contribution in [3.8, 4) is 0 Å². The van der Waals surface area contributed by atoms with Gasteiger partial charge in [0.05, 0.1) is 4.92 Å². The van der Waals surface area contributed by atoms with Gasteiger partial charge in [-0.3, -0.25) is 24.5 Å². The van der Waals surface area contributed by atoms with Gasteiger partial charge >= 0.3 is 5.97 Å². The summed E-state index contributed by atoms with van der Waals surface area (Å²) >= 11 is 0. The lowest BCUT2D eigenvalue weighted by molar-refractivity contribution is -0.385. The minimum absolute atomic E-state index is 0.00848. The number of rotatable bonds is 5. The summed E-state index contributed by atoms with van der Waals surface area (Å²) in [7, 11) is 0. The van der Waals surface area contributed by atoms with Gasteiger partial charge in [0.2, 0.25) is 11.6 Å². The molecule has 35 heavy (non-hydrogen) atoms. The minimum Gasteiger partial charge on any atom is -0.453 e. The molecule has 0 aliphatic heterocycles. The van der Waals surface area contributed by atoms with Crippen molar-refractivity contribution >= 4 is 40.0 Å². The average molecular weight is 469 g/mol. The summed E-state index contributed by atoms with van der Waals surface area (Å²) in [4.78, 5) is 62.3. The van der Waals surface area contributed by atoms with Gasteiger partial charge in [-0.1, -0.05) is 42.5 Å². The monoisotopic (exact) mass is 469 g/mol. The van der Waals surface area contributed by atoms with Gasteiger partial charge in [-0.05, 0) is 25.1 Å². The largest absolute Gasteiger partial charge is 0.453 e. The number of ketones is 3. The fourth-order valence-corrected chi connectivity index (χ4v) is 4.24. The number of ether oxygens (including phenoxy) is 1. The number of Topliss-reactive ketones (excluding diaryl/α,β-unsaturated/α-hetero) is 1. The predicted molar refractivity (Wildman–Crippen MR) is 122 cm³/mol. The number of esters is 1. The molecule has 0 saturated heterocycles. The number of nitro groups is 1. The van der Waals surface area contributed by atoms with Gasteiger partial charge < -0.3 is 9.15 Å². The molecular formula is C26H15NO8. The number of aryl methyl sites for hydroxylation is 1. The van der Waals surface area contributed by atoms with Crippen molar-refractivity contribution in [2.45, 2.75) is 6.92 Å². The van der Waals surface area contributed by atoms with E-state index in [1.807, 2.05) is 0 Å². The first-order valence-corrected chi connectivity index (χ1v) is 10.5. The van der Waals surface area contributed by atoms with Crippen LogP contribution in [0.1, 0.15) is 58.3 Å². The number of hydrogen-bond donors (Lipinski definition) is 0. The first kappa shape index (κ1) is 21.9. The standard InChI is InChI=1S/C26H15NO8/c1-13-14-6-4-5-9-20(14)35-25(13)19(28)12-34-26(31)18-11-10-17-21(22(18)27(32)33)24(30)16-8-3-2-7-15(16)23(17)29/h2-11H,12H2,1H3. The third-order valence-electron chi connectivity index (χ3n) is 5.90. The highest BCUT2D eigenvalue weighted by Gasteiger charge is 2.39. The third-order valence-corrected chi connectivity index (χ3v) is 5.90. The van der Waals surface area contributed by atoms with Crippen molar-refractivity contribution in [3.63, 3.8) is 0 Å². The molecule has 0 saturated carbocycles. The number of hydrogen-bond acceptors (Lipinski definition) is 8. The molecule has 9 heteroatoms. The number of nitrogens with zero attached hydrogens (tertiary/aromatic N) is 1. The van der Waals surface area contributed by atoms with E-state index in [0.717, 1.165) is 11.5 Å². The summed E-state index contributed by atoms with van der Waals surface area (Å²) in [6.45, 7) is 0.957. The summed E-state index contributed by atoms with van der Waals surface area (Å²) in [5.74, 6) is -3.11. The molecule has 1 aliphatic carbocycles. The Balaban J connectivity index is 1.47. The molecule has 0 amide bonds. The molecule has 0 radical (unpaired) electrons. The van der Waals surface area contributed by atoms with E-state index < -0.39 is 51.7 Å². The van der Waals surface area contributed by atoms with Crippen molar-refractivity contribution in [2.24, 2.45) is 0 Å². The van der Waals surface area contributed by atoms with Crippen LogP contribution in [0.2, 0.25) is 0 Å². The second kappa shape index (κ2) is 8.14. The molecule has 0 bridgehead atoms. The van der Waals surface area contributed by atoms with Crippen molar-refractivity contribution in [1.82, 2.24) is 0 Å². The van der Waals surface area contributed by atoms with Crippen molar-refractivity contribution in [1.29, 1.82) is 0 Å². The van der Waals surface area contributed by atoms with Crippen molar-refractivity contribution < 1.29 is 33.3 Å². The minimum atomic E-state index is -1.18. The summed E-state index contributed by atoms with van der Waals surface area (Å²) < 4.78 is 10.6. The molecular weight excluding hydrogens is 454 g/mol. The number of para-hydroxylation sites is 1. The molecule has 0 spiro atoms. The summed E-state index contributed by atoms with van der Waals surface area (Å²) in [6.07, 6.45) is 0. The normalized spacial score (nSPS) is 12.3. The number of benzene rings is 3. The summed E-state index contributed by atoms with van der Waals surface area (Å²) in [5, 5.41) is 12.7. The zero-order chi connectivity index (χ0) is 24.9. The van der Waals surface area contributed by atoms with Crippen molar-refractivity contribution in [2.75, 3.05) is 6.61 Å². The van der Waals surface area contributed by atoms with Crippen LogP contribution in [-0.2, 0) is 4.74 Å². The molecule has 4 aromatic rings. The molecule has 5 rings (SSSR count). The van der Waals surface area contributed by atoms with Crippen LogP contribution >= 0.6 is 0 Å². The van der Waals surface area contributed by atoms with Crippen molar-refractivity contribution in [3.05, 3.63) is 110 Å². The lowest BCUT2D eigenvalue weighted by atomic mass is 9.82. The van der Waals surface area contributed by atoms with E-state index >= 15 is 0 Å². The van der Waals surface area contributed by atoms with E-state index in [9.17, 15) is 29.3 Å². The van der Waals surface area contributed by atoms with Crippen LogP contribution in [0.5, 0.6) is 0 Å². The fourth-order valence-electron chi connectivity index (χ4n) is 4.24. The molecule has 0 N–H and O–H groups in total. The Bertz CT molecular complexity index is 1610. The highest BCUT2D eigenvalue weighted by Crippen LogP contribution is 2.36. The quantitative estimate of drug-likeness (QED) is 0.159. The number of furan rings is 1. The second-order valence-electron chi connectivity index (χ2n) is 7.90. The van der Waals surface area contributed by atoms with Crippen LogP contribution < -0.4 is 0 Å². The van der Waals surface area contributed by atoms with E-state index in [-0.39, 0.29) is 22.5 Å². The third kappa shape index (κ3) is 3.41. The van der Waals surface area contributed by atoms with Gasteiger partial charge in [0, 0.05) is 27.6 Å². The zero-order valence-electron chi connectivity index (χ0n) is 18.2. The van der Waals surface area contributed by atoms with E-state index in [1.54, 1.807) is 37.3 Å². The molecule has 1 heterocycles. The Labute approximate surface area is 197 Å². The first-order chi connectivity index (χ1) is 16.8. The van der Waals surface area contributed by atoms with Crippen LogP contribution in [0.15, 0.2) is 65.1 Å². The Morgan fingerprint density at radius 2 is 1.57 bits per heavy atom. The number of carbonyl (C=O) groups excluding carboxylic acids is 4. The Morgan fingerprint density at radius 3 is 2.26 bits per heavy atom. The first-order valence-electron chi connectivity index (χ1n) is 10.5. The molecule has 0 fully saturated rings. The lowest BCUT2D eigenvalue weighted by Crippen LogP contribution is -2.24. The highest BCUT2D eigenvalue weighted by molar-refractivity contribution is 6.30. The molecule has 172 valence electrons. The van der Waals surface area contributed by atoms with E-state index in [2.05, 4.69) is 0 Å². The van der Waals surface area contributed by atoms with Gasteiger partial charge in [0.15, 0.2) is 18.2 Å². The van der Waals surface area contributed by atoms with Gasteiger partial charge in [-0.15, -0.1) is 0 Å². The summed E-state index contributed by atoms with van der Waals surface area (Å²) in [6, 6.07) is 15.2. The van der Waals surface area contributed by atoms with Crippen LogP contribution in [-0.4, -0.2) is 34.8 Å². The van der Waals surface area contributed by atoms with E-state index in [1.165, 1.54) is 24.3 Å². The lowest BCUT2D eigenvalue weighted by Gasteiger charge is -2.18. The maximum absolute atomic E-state index is 13.1. The van der Waals surface area contributed by atoms with Gasteiger partial charge in [0.1, 0.15) is 16.7 Å². The molecule has 0 atom stereocenters. The predicted octanol–water partition coefficient (Wildman–Crippen LogP) is 4.46. The highest BCUT2D eigenvalue weighted by atomic mass is 16.6. The van der Waals surface area contributed by atoms with E-state index in [4.69, 9.17) is 9.15 Å². The fraction of sp³-hybridized carbons (Fsp3) is 0.0769. The van der Waals surface area contributed by atoms with E-state index in [0.29, 0.717) is 11.1 Å². The molecule has 0 unspecified atom stereocenters. The smallest absolute Gasteiger partial charge is 0.345 e. The van der Waals surface area contributed by atoms with Crippen LogP contribution in [0.3, 0.4) is 0 Å².